The van der Waals surface area contributed by atoms with Gasteiger partial charge in [-0.2, -0.15) is 0 Å². The average molecular weight is 297 g/mol. The van der Waals surface area contributed by atoms with E-state index in [0.717, 1.165) is 11.1 Å². The number of esters is 1. The fraction of sp³-hybridized carbons (Fsp3) is 0.176. The molecule has 0 spiro atoms. The standard InChI is InChI=1S/C17H15NO4/c1-11-15(16(19)21-11)18-17(20)22-14-9-5-8-13(10-14)12-6-3-2-4-7-12/h2-11,15H,1H3,(H,18,20)/t11-,15+/m0/s1. The third-order valence-electron chi connectivity index (χ3n) is 3.45. The topological polar surface area (TPSA) is 64.6 Å². The molecule has 1 amide bonds. The van der Waals surface area contributed by atoms with Crippen molar-refractivity contribution in [1.29, 1.82) is 0 Å². The van der Waals surface area contributed by atoms with Gasteiger partial charge in [-0.25, -0.2) is 9.59 Å². The second-order valence-electron chi connectivity index (χ2n) is 5.05. The second kappa shape index (κ2) is 5.89. The van der Waals surface area contributed by atoms with Crippen LogP contribution in [-0.2, 0) is 9.53 Å². The van der Waals surface area contributed by atoms with Crippen molar-refractivity contribution in [3.8, 4) is 16.9 Å². The number of hydrogen-bond acceptors (Lipinski definition) is 4. The van der Waals surface area contributed by atoms with Crippen LogP contribution in [0.4, 0.5) is 4.79 Å². The van der Waals surface area contributed by atoms with Gasteiger partial charge in [0.05, 0.1) is 0 Å². The number of nitrogens with one attached hydrogen (secondary N) is 1. The van der Waals surface area contributed by atoms with E-state index in [1.807, 2.05) is 42.5 Å². The number of hydrogen-bond donors (Lipinski definition) is 1. The molecule has 0 aromatic heterocycles. The Hall–Kier alpha value is -2.82. The van der Waals surface area contributed by atoms with Gasteiger partial charge in [-0.3, -0.25) is 0 Å². The fourth-order valence-electron chi connectivity index (χ4n) is 2.25. The second-order valence-corrected chi connectivity index (χ2v) is 5.05. The summed E-state index contributed by atoms with van der Waals surface area (Å²) in [5.41, 5.74) is 1.98. The number of benzene rings is 2. The maximum absolute atomic E-state index is 11.8. The van der Waals surface area contributed by atoms with E-state index in [4.69, 9.17) is 9.47 Å². The minimum absolute atomic E-state index is 0.323. The monoisotopic (exact) mass is 297 g/mol. The highest BCUT2D eigenvalue weighted by Crippen LogP contribution is 2.23. The first-order chi connectivity index (χ1) is 10.6. The highest BCUT2D eigenvalue weighted by molar-refractivity contribution is 5.86. The first-order valence-electron chi connectivity index (χ1n) is 6.98. The first-order valence-corrected chi connectivity index (χ1v) is 6.98. The lowest BCUT2D eigenvalue weighted by Gasteiger charge is -2.32. The quantitative estimate of drug-likeness (QED) is 0.885. The summed E-state index contributed by atoms with van der Waals surface area (Å²) in [5, 5.41) is 2.49. The Morgan fingerprint density at radius 2 is 1.82 bits per heavy atom. The Morgan fingerprint density at radius 3 is 2.50 bits per heavy atom. The van der Waals surface area contributed by atoms with Crippen LogP contribution in [0.1, 0.15) is 6.92 Å². The minimum Gasteiger partial charge on any atom is -0.458 e. The maximum atomic E-state index is 11.8. The molecule has 0 saturated carbocycles. The molecule has 22 heavy (non-hydrogen) atoms. The molecular weight excluding hydrogens is 282 g/mol. The van der Waals surface area contributed by atoms with E-state index >= 15 is 0 Å². The van der Waals surface area contributed by atoms with Crippen molar-refractivity contribution in [3.63, 3.8) is 0 Å². The van der Waals surface area contributed by atoms with E-state index in [1.165, 1.54) is 0 Å². The lowest BCUT2D eigenvalue weighted by atomic mass is 10.1. The smallest absolute Gasteiger partial charge is 0.413 e. The maximum Gasteiger partial charge on any atom is 0.413 e. The summed E-state index contributed by atoms with van der Waals surface area (Å²) in [5.74, 6) is -0.0262. The predicted octanol–water partition coefficient (Wildman–Crippen LogP) is 2.76. The zero-order valence-corrected chi connectivity index (χ0v) is 12.0. The lowest BCUT2D eigenvalue weighted by molar-refractivity contribution is -0.173. The van der Waals surface area contributed by atoms with Crippen molar-refractivity contribution in [2.45, 2.75) is 19.1 Å². The summed E-state index contributed by atoms with van der Waals surface area (Å²) < 4.78 is 9.99. The van der Waals surface area contributed by atoms with Crippen molar-refractivity contribution in [2.75, 3.05) is 0 Å². The molecule has 0 radical (unpaired) electrons. The van der Waals surface area contributed by atoms with Crippen LogP contribution in [-0.4, -0.2) is 24.2 Å². The molecule has 1 N–H and O–H groups in total. The molecule has 1 heterocycles. The number of carbonyl (C=O) groups is 2. The molecule has 112 valence electrons. The van der Waals surface area contributed by atoms with Crippen LogP contribution in [0.5, 0.6) is 5.75 Å². The van der Waals surface area contributed by atoms with Crippen molar-refractivity contribution in [3.05, 3.63) is 54.6 Å². The zero-order chi connectivity index (χ0) is 15.5. The summed E-state index contributed by atoms with van der Waals surface area (Å²) in [4.78, 5) is 23.0. The van der Waals surface area contributed by atoms with Crippen LogP contribution < -0.4 is 10.1 Å². The van der Waals surface area contributed by atoms with E-state index in [0.29, 0.717) is 5.75 Å². The molecule has 0 bridgehead atoms. The van der Waals surface area contributed by atoms with Crippen LogP contribution in [0.2, 0.25) is 0 Å². The minimum atomic E-state index is -0.668. The Labute approximate surface area is 127 Å². The molecule has 5 heteroatoms. The molecule has 0 aliphatic carbocycles. The molecule has 5 nitrogen and oxygen atoms in total. The Kier molecular flexibility index (Phi) is 3.78. The average Bonchev–Trinajstić information content (AvgIpc) is 2.54. The SMILES string of the molecule is C[C@@H]1OC(=O)[C@@H]1NC(=O)Oc1cccc(-c2ccccc2)c1. The van der Waals surface area contributed by atoms with Gasteiger partial charge in [-0.05, 0) is 30.2 Å². The van der Waals surface area contributed by atoms with Crippen LogP contribution in [0.3, 0.4) is 0 Å². The first kappa shape index (κ1) is 14.1. The molecule has 0 unspecified atom stereocenters. The molecule has 2 aromatic carbocycles. The highest BCUT2D eigenvalue weighted by atomic mass is 16.6. The summed E-state index contributed by atoms with van der Waals surface area (Å²) >= 11 is 0. The zero-order valence-electron chi connectivity index (χ0n) is 12.0. The van der Waals surface area contributed by atoms with Gasteiger partial charge in [-0.1, -0.05) is 42.5 Å². The van der Waals surface area contributed by atoms with Crippen LogP contribution in [0.25, 0.3) is 11.1 Å². The van der Waals surface area contributed by atoms with Gasteiger partial charge in [0.1, 0.15) is 11.9 Å². The summed E-state index contributed by atoms with van der Waals surface area (Å²) in [6.07, 6.45) is -0.991. The van der Waals surface area contributed by atoms with Crippen molar-refractivity contribution in [2.24, 2.45) is 0 Å². The van der Waals surface area contributed by atoms with E-state index in [1.54, 1.807) is 19.1 Å². The molecule has 1 fully saturated rings. The van der Waals surface area contributed by atoms with Crippen molar-refractivity contribution >= 4 is 12.1 Å². The van der Waals surface area contributed by atoms with Crippen LogP contribution in [0.15, 0.2) is 54.6 Å². The third kappa shape index (κ3) is 2.93. The molecule has 1 aliphatic heterocycles. The third-order valence-corrected chi connectivity index (χ3v) is 3.45. The van der Waals surface area contributed by atoms with Gasteiger partial charge < -0.3 is 14.8 Å². The summed E-state index contributed by atoms with van der Waals surface area (Å²) in [7, 11) is 0. The molecular formula is C17H15NO4. The van der Waals surface area contributed by atoms with E-state index in [9.17, 15) is 9.59 Å². The Bertz CT molecular complexity index is 699. The van der Waals surface area contributed by atoms with E-state index in [-0.39, 0.29) is 6.10 Å². The van der Waals surface area contributed by atoms with Gasteiger partial charge >= 0.3 is 12.1 Å². The van der Waals surface area contributed by atoms with Gasteiger partial charge in [0.15, 0.2) is 6.04 Å². The molecule has 1 aliphatic rings. The highest BCUT2D eigenvalue weighted by Gasteiger charge is 2.40. The fourth-order valence-corrected chi connectivity index (χ4v) is 2.25. The van der Waals surface area contributed by atoms with E-state index < -0.39 is 18.1 Å². The number of ether oxygens (including phenoxy) is 2. The van der Waals surface area contributed by atoms with Crippen LogP contribution in [0, 0.1) is 0 Å². The van der Waals surface area contributed by atoms with E-state index in [2.05, 4.69) is 5.32 Å². The lowest BCUT2D eigenvalue weighted by Crippen LogP contribution is -2.59. The van der Waals surface area contributed by atoms with Crippen LogP contribution >= 0.6 is 0 Å². The van der Waals surface area contributed by atoms with Gasteiger partial charge in [0, 0.05) is 0 Å². The van der Waals surface area contributed by atoms with Crippen molar-refractivity contribution in [1.82, 2.24) is 5.32 Å². The largest absolute Gasteiger partial charge is 0.458 e. The molecule has 2 aromatic rings. The Morgan fingerprint density at radius 1 is 1.09 bits per heavy atom. The van der Waals surface area contributed by atoms with Gasteiger partial charge in [0.25, 0.3) is 0 Å². The summed E-state index contributed by atoms with van der Waals surface area (Å²) in [6, 6.07) is 16.4. The molecule has 3 rings (SSSR count). The number of rotatable bonds is 3. The number of cyclic esters (lactones) is 1. The molecule has 1 saturated heterocycles. The summed E-state index contributed by atoms with van der Waals surface area (Å²) in [6.45, 7) is 1.71. The van der Waals surface area contributed by atoms with Crippen molar-refractivity contribution < 1.29 is 19.1 Å². The Balaban J connectivity index is 1.68. The van der Waals surface area contributed by atoms with Gasteiger partial charge in [-0.15, -0.1) is 0 Å². The van der Waals surface area contributed by atoms with Gasteiger partial charge in [0.2, 0.25) is 0 Å². The molecule has 2 atom stereocenters. The number of amides is 1. The predicted molar refractivity (Wildman–Crippen MR) is 80.4 cm³/mol. The normalized spacial score (nSPS) is 19.8. The number of carbonyl (C=O) groups excluding carboxylic acids is 2.